The summed E-state index contributed by atoms with van der Waals surface area (Å²) in [6.07, 6.45) is 2.31. The lowest BCUT2D eigenvalue weighted by Gasteiger charge is -2.22. The minimum Gasteiger partial charge on any atom is -0.369 e. The predicted molar refractivity (Wildman–Crippen MR) is 81.1 cm³/mol. The van der Waals surface area contributed by atoms with E-state index < -0.39 is 0 Å². The molecule has 4 nitrogen and oxygen atoms in total. The highest BCUT2D eigenvalue weighted by atomic mass is 32.2. The highest BCUT2D eigenvalue weighted by Crippen LogP contribution is 2.29. The second-order valence-corrected chi connectivity index (χ2v) is 6.22. The first-order chi connectivity index (χ1) is 10.1. The molecule has 6 heteroatoms. The monoisotopic (exact) mass is 310 g/mol. The van der Waals surface area contributed by atoms with Crippen LogP contribution in [-0.2, 0) is 16.1 Å². The number of nitrogens with zero attached hydrogens (tertiary/aromatic N) is 1. The van der Waals surface area contributed by atoms with Crippen molar-refractivity contribution in [3.05, 3.63) is 35.6 Å². The number of halogens is 1. The van der Waals surface area contributed by atoms with Gasteiger partial charge >= 0.3 is 0 Å². The number of nitrogens with two attached hydrogens (primary N) is 1. The number of carbonyl (C=O) groups excluding carboxylic acids is 2. The number of thioether (sulfide) groups is 1. The van der Waals surface area contributed by atoms with Gasteiger partial charge in [-0.2, -0.15) is 11.8 Å². The molecule has 0 saturated heterocycles. The predicted octanol–water partition coefficient (Wildman–Crippen LogP) is 1.93. The highest BCUT2D eigenvalue weighted by molar-refractivity contribution is 7.99. The van der Waals surface area contributed by atoms with Gasteiger partial charge in [0.2, 0.25) is 11.8 Å². The molecule has 0 unspecified atom stereocenters. The van der Waals surface area contributed by atoms with Crippen LogP contribution in [-0.4, -0.2) is 34.3 Å². The van der Waals surface area contributed by atoms with Crippen molar-refractivity contribution >= 4 is 23.6 Å². The molecule has 1 aromatic carbocycles. The van der Waals surface area contributed by atoms with Crippen LogP contribution < -0.4 is 5.73 Å². The first kappa shape index (κ1) is 15.8. The van der Waals surface area contributed by atoms with E-state index in [1.807, 2.05) is 0 Å². The summed E-state index contributed by atoms with van der Waals surface area (Å²) in [5, 5.41) is 0. The second-order valence-electron chi connectivity index (χ2n) is 5.11. The maximum absolute atomic E-state index is 13.7. The minimum atomic E-state index is -0.377. The molecule has 0 atom stereocenters. The average molecular weight is 310 g/mol. The Balaban J connectivity index is 1.88. The van der Waals surface area contributed by atoms with Crippen molar-refractivity contribution in [3.8, 4) is 0 Å². The Morgan fingerprint density at radius 3 is 2.67 bits per heavy atom. The summed E-state index contributed by atoms with van der Waals surface area (Å²) in [6.45, 7) is 0.316. The molecule has 2 N–H and O–H groups in total. The van der Waals surface area contributed by atoms with Gasteiger partial charge in [-0.15, -0.1) is 0 Å². The summed E-state index contributed by atoms with van der Waals surface area (Å²) in [5.41, 5.74) is 5.59. The topological polar surface area (TPSA) is 63.4 Å². The summed E-state index contributed by atoms with van der Waals surface area (Å²) >= 11 is 1.35. The van der Waals surface area contributed by atoms with Gasteiger partial charge in [0.1, 0.15) is 5.82 Å². The van der Waals surface area contributed by atoms with E-state index in [-0.39, 0.29) is 29.4 Å². The fourth-order valence-corrected chi connectivity index (χ4v) is 2.76. The molecule has 1 saturated carbocycles. The smallest absolute Gasteiger partial charge is 0.227 e. The molecule has 2 rings (SSSR count). The molecular weight excluding hydrogens is 291 g/mol. The summed E-state index contributed by atoms with van der Waals surface area (Å²) in [7, 11) is 0. The van der Waals surface area contributed by atoms with Crippen molar-refractivity contribution in [1.82, 2.24) is 4.90 Å². The fraction of sp³-hybridized carbons (Fsp3) is 0.467. The van der Waals surface area contributed by atoms with Crippen LogP contribution in [0.1, 0.15) is 24.8 Å². The van der Waals surface area contributed by atoms with Gasteiger partial charge in [0.15, 0.2) is 0 Å². The van der Waals surface area contributed by atoms with Crippen molar-refractivity contribution in [2.45, 2.75) is 31.8 Å². The molecule has 0 aromatic heterocycles. The van der Waals surface area contributed by atoms with Crippen LogP contribution in [0.4, 0.5) is 4.39 Å². The van der Waals surface area contributed by atoms with E-state index in [1.165, 1.54) is 17.8 Å². The third-order valence-electron chi connectivity index (χ3n) is 3.31. The van der Waals surface area contributed by atoms with Crippen molar-refractivity contribution in [3.63, 3.8) is 0 Å². The number of rotatable bonds is 8. The third-order valence-corrected chi connectivity index (χ3v) is 4.29. The van der Waals surface area contributed by atoms with E-state index in [1.54, 1.807) is 23.1 Å². The maximum atomic E-state index is 13.7. The Labute approximate surface area is 127 Å². The van der Waals surface area contributed by atoms with Crippen molar-refractivity contribution in [1.29, 1.82) is 0 Å². The molecule has 0 spiro atoms. The number of primary amides is 1. The van der Waals surface area contributed by atoms with Crippen molar-refractivity contribution in [2.75, 3.05) is 11.5 Å². The molecule has 1 aromatic rings. The van der Waals surface area contributed by atoms with E-state index in [2.05, 4.69) is 0 Å². The number of hydrogen-bond acceptors (Lipinski definition) is 3. The molecule has 0 bridgehead atoms. The van der Waals surface area contributed by atoms with Crippen molar-refractivity contribution < 1.29 is 14.0 Å². The van der Waals surface area contributed by atoms with Crippen LogP contribution in [0.3, 0.4) is 0 Å². The molecule has 0 aliphatic heterocycles. The van der Waals surface area contributed by atoms with Crippen LogP contribution in [0.5, 0.6) is 0 Å². The number of benzene rings is 1. The molecule has 1 aliphatic carbocycles. The van der Waals surface area contributed by atoms with Gasteiger partial charge in [-0.25, -0.2) is 4.39 Å². The zero-order valence-corrected chi connectivity index (χ0v) is 12.6. The van der Waals surface area contributed by atoms with Gasteiger partial charge in [0, 0.05) is 30.3 Å². The van der Waals surface area contributed by atoms with Gasteiger partial charge in [-0.3, -0.25) is 9.59 Å². The Bertz CT molecular complexity index is 520. The number of carbonyl (C=O) groups is 2. The summed E-state index contributed by atoms with van der Waals surface area (Å²) in [5.74, 6) is 0.140. The second kappa shape index (κ2) is 7.45. The molecule has 21 heavy (non-hydrogen) atoms. The Morgan fingerprint density at radius 2 is 2.05 bits per heavy atom. The minimum absolute atomic E-state index is 0.0118. The SMILES string of the molecule is NC(=O)CSCCC(=O)N(Cc1ccccc1F)C1CC1. The number of hydrogen-bond donors (Lipinski definition) is 1. The molecule has 0 heterocycles. The summed E-state index contributed by atoms with van der Waals surface area (Å²) in [6, 6.07) is 6.77. The van der Waals surface area contributed by atoms with Crippen molar-refractivity contribution in [2.24, 2.45) is 5.73 Å². The highest BCUT2D eigenvalue weighted by Gasteiger charge is 2.32. The summed E-state index contributed by atoms with van der Waals surface area (Å²) in [4.78, 5) is 24.7. The van der Waals surface area contributed by atoms with Gasteiger partial charge < -0.3 is 10.6 Å². The molecule has 1 fully saturated rings. The van der Waals surface area contributed by atoms with E-state index in [0.717, 1.165) is 12.8 Å². The van der Waals surface area contributed by atoms with E-state index in [0.29, 0.717) is 24.3 Å². The van der Waals surface area contributed by atoms with Gasteiger partial charge in [-0.1, -0.05) is 18.2 Å². The van der Waals surface area contributed by atoms with Gasteiger partial charge in [-0.05, 0) is 18.9 Å². The fourth-order valence-electron chi connectivity index (χ4n) is 2.09. The van der Waals surface area contributed by atoms with Crippen LogP contribution in [0, 0.1) is 5.82 Å². The van der Waals surface area contributed by atoms with Crippen LogP contribution in [0.15, 0.2) is 24.3 Å². The molecule has 114 valence electrons. The Kier molecular flexibility index (Phi) is 5.61. The number of amides is 2. The molecule has 0 radical (unpaired) electrons. The lowest BCUT2D eigenvalue weighted by Crippen LogP contribution is -2.33. The lowest BCUT2D eigenvalue weighted by molar-refractivity contribution is -0.132. The Morgan fingerprint density at radius 1 is 1.33 bits per heavy atom. The maximum Gasteiger partial charge on any atom is 0.227 e. The van der Waals surface area contributed by atoms with Crippen LogP contribution in [0.2, 0.25) is 0 Å². The zero-order valence-electron chi connectivity index (χ0n) is 11.8. The first-order valence-corrected chi connectivity index (χ1v) is 8.12. The zero-order chi connectivity index (χ0) is 15.2. The Hall–Kier alpha value is -1.56. The van der Waals surface area contributed by atoms with Crippen LogP contribution in [0.25, 0.3) is 0 Å². The van der Waals surface area contributed by atoms with E-state index in [9.17, 15) is 14.0 Å². The molecular formula is C15H19FN2O2S. The van der Waals surface area contributed by atoms with Crippen LogP contribution >= 0.6 is 11.8 Å². The van der Waals surface area contributed by atoms with E-state index >= 15 is 0 Å². The average Bonchev–Trinajstić information content (AvgIpc) is 3.27. The molecule has 1 aliphatic rings. The van der Waals surface area contributed by atoms with Gasteiger partial charge in [0.05, 0.1) is 5.75 Å². The molecule has 2 amide bonds. The first-order valence-electron chi connectivity index (χ1n) is 6.97. The normalized spacial score (nSPS) is 14.0. The standard InChI is InChI=1S/C15H19FN2O2S/c16-13-4-2-1-3-11(13)9-18(12-5-6-12)15(20)7-8-21-10-14(17)19/h1-4,12H,5-10H2,(H2,17,19). The lowest BCUT2D eigenvalue weighted by atomic mass is 10.2. The quantitative estimate of drug-likeness (QED) is 0.746. The van der Waals surface area contributed by atoms with E-state index in [4.69, 9.17) is 5.73 Å². The summed E-state index contributed by atoms with van der Waals surface area (Å²) < 4.78 is 13.7. The largest absolute Gasteiger partial charge is 0.369 e. The third kappa shape index (κ3) is 5.04. The van der Waals surface area contributed by atoms with Gasteiger partial charge in [0.25, 0.3) is 0 Å².